The van der Waals surface area contributed by atoms with E-state index in [0.29, 0.717) is 16.9 Å². The van der Waals surface area contributed by atoms with Crippen LogP contribution in [0.25, 0.3) is 10.8 Å². The maximum atomic E-state index is 12.9. The Labute approximate surface area is 178 Å². The molecule has 0 fully saturated rings. The van der Waals surface area contributed by atoms with E-state index >= 15 is 0 Å². The number of aromatic nitrogens is 1. The Kier molecular flexibility index (Phi) is 4.69. The summed E-state index contributed by atoms with van der Waals surface area (Å²) in [5.41, 5.74) is 1.76. The molecule has 1 atom stereocenters. The number of cyclic esters (lactones) is 1. The largest absolute Gasteiger partial charge is 0.497 e. The highest BCUT2D eigenvalue weighted by atomic mass is 17.2. The number of hydrogen-bond acceptors (Lipinski definition) is 7. The van der Waals surface area contributed by atoms with E-state index in [1.54, 1.807) is 49.8 Å². The second-order valence-corrected chi connectivity index (χ2v) is 7.25. The van der Waals surface area contributed by atoms with Crippen molar-refractivity contribution in [1.29, 1.82) is 0 Å². The minimum Gasteiger partial charge on any atom is -0.497 e. The monoisotopic (exact) mass is 417 g/mol. The summed E-state index contributed by atoms with van der Waals surface area (Å²) in [6.07, 6.45) is 5.36. The predicted molar refractivity (Wildman–Crippen MR) is 111 cm³/mol. The lowest BCUT2D eigenvalue weighted by Gasteiger charge is -2.26. The van der Waals surface area contributed by atoms with Gasteiger partial charge in [-0.05, 0) is 41.3 Å². The molecule has 0 aliphatic carbocycles. The molecule has 1 aromatic heterocycles. The van der Waals surface area contributed by atoms with Crippen LogP contribution in [0.1, 0.15) is 11.1 Å². The van der Waals surface area contributed by atoms with E-state index < -0.39 is 11.8 Å². The van der Waals surface area contributed by atoms with Gasteiger partial charge in [0.25, 0.3) is 5.79 Å². The van der Waals surface area contributed by atoms with E-state index in [-0.39, 0.29) is 24.4 Å². The number of esters is 1. The maximum absolute atomic E-state index is 12.9. The molecule has 1 unspecified atom stereocenters. The van der Waals surface area contributed by atoms with Crippen LogP contribution < -0.4 is 4.74 Å². The summed E-state index contributed by atoms with van der Waals surface area (Å²) in [6, 6.07) is 14.5. The summed E-state index contributed by atoms with van der Waals surface area (Å²) < 4.78 is 10.7. The molecule has 5 rings (SSSR count). The van der Waals surface area contributed by atoms with Gasteiger partial charge in [0.2, 0.25) is 0 Å². The van der Waals surface area contributed by atoms with Crippen molar-refractivity contribution in [3.8, 4) is 5.75 Å². The summed E-state index contributed by atoms with van der Waals surface area (Å²) in [5, 5.41) is 13.6. The Balaban J connectivity index is 1.67. The number of methoxy groups -OCH3 is 1. The van der Waals surface area contributed by atoms with Crippen molar-refractivity contribution >= 4 is 16.7 Å². The molecule has 0 saturated carbocycles. The Hall–Kier alpha value is -3.68. The lowest BCUT2D eigenvalue weighted by atomic mass is 9.89. The van der Waals surface area contributed by atoms with E-state index in [4.69, 9.17) is 19.2 Å². The van der Waals surface area contributed by atoms with Crippen LogP contribution in [0.5, 0.6) is 5.75 Å². The van der Waals surface area contributed by atoms with E-state index in [2.05, 4.69) is 4.98 Å². The first-order valence-corrected chi connectivity index (χ1v) is 9.75. The molecule has 2 aromatic carbocycles. The molecule has 156 valence electrons. The summed E-state index contributed by atoms with van der Waals surface area (Å²) in [6.45, 7) is 0.205. The summed E-state index contributed by atoms with van der Waals surface area (Å²) >= 11 is 0. The summed E-state index contributed by atoms with van der Waals surface area (Å²) in [5.74, 6) is -1.80. The SMILES string of the molecule is COc1ccc(C2(O)OC(=O)C(C3=CCOO3)=C2Cc2cncc3ccccc23)cc1. The highest BCUT2D eigenvalue weighted by Gasteiger charge is 2.50. The number of ether oxygens (including phenoxy) is 2. The molecule has 31 heavy (non-hydrogen) atoms. The van der Waals surface area contributed by atoms with E-state index in [1.165, 1.54) is 0 Å². The van der Waals surface area contributed by atoms with Gasteiger partial charge in [-0.1, -0.05) is 24.3 Å². The zero-order valence-corrected chi connectivity index (χ0v) is 16.7. The molecule has 3 aromatic rings. The van der Waals surface area contributed by atoms with Gasteiger partial charge in [-0.25, -0.2) is 4.79 Å². The van der Waals surface area contributed by atoms with Crippen LogP contribution in [0.15, 0.2) is 83.9 Å². The predicted octanol–water partition coefficient (Wildman–Crippen LogP) is 3.33. The standard InChI is InChI=1S/C24H19NO6/c1-28-18-8-6-17(7-9-18)24(27)20(22(23(26)30-24)21-10-11-29-31-21)12-16-14-25-13-15-4-2-3-5-19(15)16/h2-10,13-14,27H,11-12H2,1H3. The van der Waals surface area contributed by atoms with Gasteiger partial charge in [0.1, 0.15) is 17.9 Å². The summed E-state index contributed by atoms with van der Waals surface area (Å²) in [4.78, 5) is 27.3. The van der Waals surface area contributed by atoms with Crippen LogP contribution in [-0.2, 0) is 31.5 Å². The average molecular weight is 417 g/mol. The molecule has 0 bridgehead atoms. The second kappa shape index (κ2) is 7.54. The van der Waals surface area contributed by atoms with Gasteiger partial charge in [-0.15, -0.1) is 0 Å². The highest BCUT2D eigenvalue weighted by molar-refractivity contribution is 5.97. The maximum Gasteiger partial charge on any atom is 0.345 e. The topological polar surface area (TPSA) is 87.1 Å². The van der Waals surface area contributed by atoms with Crippen LogP contribution in [0, 0.1) is 0 Å². The van der Waals surface area contributed by atoms with Gasteiger partial charge in [-0.3, -0.25) is 4.98 Å². The number of benzene rings is 2. The number of hydrogen-bond donors (Lipinski definition) is 1. The molecule has 1 N–H and O–H groups in total. The Bertz CT molecular complexity index is 1230. The first-order chi connectivity index (χ1) is 15.1. The fraction of sp³-hybridized carbons (Fsp3) is 0.167. The molecule has 0 saturated heterocycles. The van der Waals surface area contributed by atoms with Crippen LogP contribution in [-0.4, -0.2) is 29.8 Å². The van der Waals surface area contributed by atoms with E-state index in [0.717, 1.165) is 16.3 Å². The lowest BCUT2D eigenvalue weighted by molar-refractivity contribution is -0.231. The Morgan fingerprint density at radius 2 is 1.94 bits per heavy atom. The quantitative estimate of drug-likeness (QED) is 0.503. The van der Waals surface area contributed by atoms with Gasteiger partial charge in [0.05, 0.1) is 7.11 Å². The lowest BCUT2D eigenvalue weighted by Crippen LogP contribution is -2.29. The number of pyridine rings is 1. The number of aliphatic hydroxyl groups is 1. The molecule has 2 aliphatic heterocycles. The second-order valence-electron chi connectivity index (χ2n) is 7.25. The number of fused-ring (bicyclic) bond motifs is 1. The fourth-order valence-corrected chi connectivity index (χ4v) is 3.94. The summed E-state index contributed by atoms with van der Waals surface area (Å²) in [7, 11) is 1.56. The molecule has 2 aliphatic rings. The smallest absolute Gasteiger partial charge is 0.345 e. The van der Waals surface area contributed by atoms with Crippen molar-refractivity contribution in [1.82, 2.24) is 4.98 Å². The zero-order chi connectivity index (χ0) is 21.4. The van der Waals surface area contributed by atoms with Gasteiger partial charge in [0.15, 0.2) is 5.76 Å². The van der Waals surface area contributed by atoms with Crippen LogP contribution >= 0.6 is 0 Å². The molecular weight excluding hydrogens is 398 g/mol. The van der Waals surface area contributed by atoms with Crippen molar-refractivity contribution < 1.29 is 29.1 Å². The van der Waals surface area contributed by atoms with Gasteiger partial charge >= 0.3 is 5.97 Å². The molecule has 7 nitrogen and oxygen atoms in total. The molecule has 0 radical (unpaired) electrons. The van der Waals surface area contributed by atoms with Crippen molar-refractivity contribution in [2.24, 2.45) is 0 Å². The minimum absolute atomic E-state index is 0.156. The first kappa shape index (κ1) is 19.3. The van der Waals surface area contributed by atoms with Crippen LogP contribution in [0.4, 0.5) is 0 Å². The molecule has 7 heteroatoms. The number of nitrogens with zero attached hydrogens (tertiary/aromatic N) is 1. The first-order valence-electron chi connectivity index (χ1n) is 9.75. The Morgan fingerprint density at radius 3 is 2.68 bits per heavy atom. The van der Waals surface area contributed by atoms with Crippen molar-refractivity contribution in [2.75, 3.05) is 13.7 Å². The van der Waals surface area contributed by atoms with Gasteiger partial charge in [0, 0.05) is 35.3 Å². The van der Waals surface area contributed by atoms with Gasteiger partial charge < -0.3 is 19.5 Å². The molecule has 0 spiro atoms. The van der Waals surface area contributed by atoms with Crippen molar-refractivity contribution in [2.45, 2.75) is 12.2 Å². The normalized spacial score (nSPS) is 20.6. The fourth-order valence-electron chi connectivity index (χ4n) is 3.94. The highest BCUT2D eigenvalue weighted by Crippen LogP contribution is 2.44. The third-order valence-electron chi connectivity index (χ3n) is 5.49. The van der Waals surface area contributed by atoms with Crippen molar-refractivity contribution in [3.63, 3.8) is 0 Å². The van der Waals surface area contributed by atoms with Crippen LogP contribution in [0.3, 0.4) is 0 Å². The van der Waals surface area contributed by atoms with E-state index in [9.17, 15) is 9.90 Å². The van der Waals surface area contributed by atoms with Crippen molar-refractivity contribution in [3.05, 3.63) is 95.0 Å². The van der Waals surface area contributed by atoms with Crippen LogP contribution in [0.2, 0.25) is 0 Å². The molecular formula is C24H19NO6. The molecule has 0 amide bonds. The third-order valence-corrected chi connectivity index (χ3v) is 5.49. The number of carbonyl (C=O) groups is 1. The zero-order valence-electron chi connectivity index (χ0n) is 16.7. The number of rotatable bonds is 5. The average Bonchev–Trinajstić information content (AvgIpc) is 3.41. The number of carbonyl (C=O) groups excluding carboxylic acids is 1. The van der Waals surface area contributed by atoms with Gasteiger partial charge in [-0.2, -0.15) is 4.89 Å². The molecule has 3 heterocycles. The third kappa shape index (κ3) is 3.24. The van der Waals surface area contributed by atoms with E-state index in [1.807, 2.05) is 24.3 Å². The Morgan fingerprint density at radius 1 is 1.13 bits per heavy atom. The minimum atomic E-state index is -1.97.